The van der Waals surface area contributed by atoms with E-state index in [0.717, 1.165) is 26.7 Å². The van der Waals surface area contributed by atoms with Crippen LogP contribution in [0.4, 0.5) is 0 Å². The number of rotatable bonds is 5. The number of amides is 1. The Kier molecular flexibility index (Phi) is 4.78. The molecule has 0 aliphatic carbocycles. The lowest BCUT2D eigenvalue weighted by Gasteiger charge is -2.04. The van der Waals surface area contributed by atoms with E-state index >= 15 is 0 Å². The Labute approximate surface area is 139 Å². The largest absolute Gasteiger partial charge is 0.352 e. The zero-order chi connectivity index (χ0) is 16.1. The molecule has 0 fully saturated rings. The van der Waals surface area contributed by atoms with E-state index in [0.29, 0.717) is 13.0 Å². The predicted octanol–water partition coefficient (Wildman–Crippen LogP) is 3.37. The van der Waals surface area contributed by atoms with E-state index < -0.39 is 0 Å². The second kappa shape index (κ2) is 7.15. The minimum Gasteiger partial charge on any atom is -0.352 e. The first-order valence-electron chi connectivity index (χ1n) is 7.39. The van der Waals surface area contributed by atoms with Crippen LogP contribution in [0.1, 0.15) is 16.1 Å². The lowest BCUT2D eigenvalue weighted by molar-refractivity contribution is -0.120. The van der Waals surface area contributed by atoms with Crippen molar-refractivity contribution in [3.05, 3.63) is 71.0 Å². The average Bonchev–Trinajstić information content (AvgIpc) is 2.95. The predicted molar refractivity (Wildman–Crippen MR) is 92.1 cm³/mol. The molecule has 23 heavy (non-hydrogen) atoms. The van der Waals surface area contributed by atoms with Crippen LogP contribution in [0, 0.1) is 6.92 Å². The van der Waals surface area contributed by atoms with Gasteiger partial charge in [0, 0.05) is 29.4 Å². The fraction of sp³-hybridized carbons (Fsp3) is 0.167. The molecule has 0 saturated heterocycles. The van der Waals surface area contributed by atoms with Crippen molar-refractivity contribution in [2.24, 2.45) is 0 Å². The monoisotopic (exact) mass is 323 g/mol. The van der Waals surface area contributed by atoms with Crippen LogP contribution >= 0.6 is 11.3 Å². The molecule has 116 valence electrons. The number of aryl methyl sites for hydroxylation is 1. The average molecular weight is 323 g/mol. The van der Waals surface area contributed by atoms with Gasteiger partial charge in [0.2, 0.25) is 5.91 Å². The first-order chi connectivity index (χ1) is 11.2. The number of aromatic nitrogens is 2. The number of nitrogens with one attached hydrogen (secondary N) is 1. The van der Waals surface area contributed by atoms with Gasteiger partial charge in [0.15, 0.2) is 0 Å². The summed E-state index contributed by atoms with van der Waals surface area (Å²) in [5.41, 5.74) is 3.00. The number of benzene rings is 1. The van der Waals surface area contributed by atoms with Gasteiger partial charge in [-0.3, -0.25) is 9.78 Å². The molecule has 3 aromatic rings. The van der Waals surface area contributed by atoms with E-state index in [9.17, 15) is 4.79 Å². The molecule has 1 aromatic carbocycles. The third-order valence-electron chi connectivity index (χ3n) is 3.45. The molecule has 0 aliphatic rings. The van der Waals surface area contributed by atoms with Crippen LogP contribution in [0.3, 0.4) is 0 Å². The minimum atomic E-state index is 0.000199. The molecular weight excluding hydrogens is 306 g/mol. The molecule has 1 N–H and O–H groups in total. The van der Waals surface area contributed by atoms with Crippen molar-refractivity contribution >= 4 is 17.2 Å². The standard InChI is InChI=1S/C18H17N3OS/c1-13-16(23-18(21-13)15-7-3-2-4-8-15)10-17(22)20-12-14-6-5-9-19-11-14/h2-9,11H,10,12H2,1H3,(H,20,22). The van der Waals surface area contributed by atoms with Gasteiger partial charge in [0.1, 0.15) is 5.01 Å². The van der Waals surface area contributed by atoms with Crippen molar-refractivity contribution in [2.75, 3.05) is 0 Å². The quantitative estimate of drug-likeness (QED) is 0.783. The third kappa shape index (κ3) is 4.02. The Bertz CT molecular complexity index is 785. The van der Waals surface area contributed by atoms with Crippen LogP contribution in [-0.2, 0) is 17.8 Å². The Balaban J connectivity index is 1.64. The van der Waals surface area contributed by atoms with Gasteiger partial charge in [0.25, 0.3) is 0 Å². The Hall–Kier alpha value is -2.53. The fourth-order valence-corrected chi connectivity index (χ4v) is 3.27. The normalized spacial score (nSPS) is 10.5. The summed E-state index contributed by atoms with van der Waals surface area (Å²) in [7, 11) is 0. The van der Waals surface area contributed by atoms with Gasteiger partial charge in [-0.15, -0.1) is 11.3 Å². The second-order valence-electron chi connectivity index (χ2n) is 5.21. The van der Waals surface area contributed by atoms with Gasteiger partial charge in [-0.2, -0.15) is 0 Å². The van der Waals surface area contributed by atoms with Gasteiger partial charge in [0.05, 0.1) is 12.1 Å². The molecule has 2 heterocycles. The van der Waals surface area contributed by atoms with Gasteiger partial charge in [-0.05, 0) is 18.6 Å². The highest BCUT2D eigenvalue weighted by atomic mass is 32.1. The lowest BCUT2D eigenvalue weighted by atomic mass is 10.2. The SMILES string of the molecule is Cc1nc(-c2ccccc2)sc1CC(=O)NCc1cccnc1. The molecule has 0 saturated carbocycles. The van der Waals surface area contributed by atoms with Crippen LogP contribution in [0.25, 0.3) is 10.6 Å². The number of nitrogens with zero attached hydrogens (tertiary/aromatic N) is 2. The summed E-state index contributed by atoms with van der Waals surface area (Å²) in [4.78, 5) is 21.8. The van der Waals surface area contributed by atoms with E-state index in [2.05, 4.69) is 15.3 Å². The Morgan fingerprint density at radius 3 is 2.74 bits per heavy atom. The smallest absolute Gasteiger partial charge is 0.225 e. The number of thiazole rings is 1. The highest BCUT2D eigenvalue weighted by Gasteiger charge is 2.12. The number of carbonyl (C=O) groups excluding carboxylic acids is 1. The van der Waals surface area contributed by atoms with Crippen molar-refractivity contribution in [1.82, 2.24) is 15.3 Å². The van der Waals surface area contributed by atoms with Gasteiger partial charge in [-0.25, -0.2) is 4.98 Å². The molecule has 0 atom stereocenters. The molecule has 4 nitrogen and oxygen atoms in total. The molecule has 5 heteroatoms. The number of hydrogen-bond acceptors (Lipinski definition) is 4. The summed E-state index contributed by atoms with van der Waals surface area (Å²) in [6, 6.07) is 13.8. The van der Waals surface area contributed by atoms with Crippen molar-refractivity contribution in [3.8, 4) is 10.6 Å². The van der Waals surface area contributed by atoms with Crippen molar-refractivity contribution < 1.29 is 4.79 Å². The zero-order valence-electron chi connectivity index (χ0n) is 12.8. The molecule has 2 aromatic heterocycles. The number of pyridine rings is 1. The van der Waals surface area contributed by atoms with Gasteiger partial charge in [-0.1, -0.05) is 36.4 Å². The summed E-state index contributed by atoms with van der Waals surface area (Å²) in [5.74, 6) is 0.000199. The maximum Gasteiger partial charge on any atom is 0.225 e. The molecule has 3 rings (SSSR count). The second-order valence-corrected chi connectivity index (χ2v) is 6.29. The molecule has 1 amide bonds. The highest BCUT2D eigenvalue weighted by molar-refractivity contribution is 7.15. The summed E-state index contributed by atoms with van der Waals surface area (Å²) >= 11 is 1.58. The molecule has 0 radical (unpaired) electrons. The van der Waals surface area contributed by atoms with Crippen molar-refractivity contribution in [3.63, 3.8) is 0 Å². The van der Waals surface area contributed by atoms with Crippen LogP contribution in [0.5, 0.6) is 0 Å². The molecule has 0 aliphatic heterocycles. The van der Waals surface area contributed by atoms with Gasteiger partial charge < -0.3 is 5.32 Å². The molecule has 0 spiro atoms. The summed E-state index contributed by atoms with van der Waals surface area (Å²) in [6.07, 6.45) is 3.83. The summed E-state index contributed by atoms with van der Waals surface area (Å²) in [5, 5.41) is 3.88. The number of hydrogen-bond donors (Lipinski definition) is 1. The topological polar surface area (TPSA) is 54.9 Å². The van der Waals surface area contributed by atoms with E-state index in [1.165, 1.54) is 0 Å². The lowest BCUT2D eigenvalue weighted by Crippen LogP contribution is -2.24. The maximum atomic E-state index is 12.1. The van der Waals surface area contributed by atoms with Crippen LogP contribution in [-0.4, -0.2) is 15.9 Å². The van der Waals surface area contributed by atoms with Crippen LogP contribution in [0.15, 0.2) is 54.9 Å². The van der Waals surface area contributed by atoms with E-state index in [1.807, 2.05) is 49.4 Å². The molecular formula is C18H17N3OS. The summed E-state index contributed by atoms with van der Waals surface area (Å²) in [6.45, 7) is 2.45. The van der Waals surface area contributed by atoms with E-state index in [4.69, 9.17) is 0 Å². The van der Waals surface area contributed by atoms with Crippen molar-refractivity contribution in [2.45, 2.75) is 19.9 Å². The minimum absolute atomic E-state index is 0.000199. The maximum absolute atomic E-state index is 12.1. The van der Waals surface area contributed by atoms with Gasteiger partial charge >= 0.3 is 0 Å². The van der Waals surface area contributed by atoms with Crippen LogP contribution in [0.2, 0.25) is 0 Å². The first-order valence-corrected chi connectivity index (χ1v) is 8.21. The Morgan fingerprint density at radius 1 is 1.17 bits per heavy atom. The number of carbonyl (C=O) groups is 1. The first kappa shape index (κ1) is 15.4. The highest BCUT2D eigenvalue weighted by Crippen LogP contribution is 2.27. The Morgan fingerprint density at radius 2 is 2.00 bits per heavy atom. The van der Waals surface area contributed by atoms with E-state index in [1.54, 1.807) is 23.7 Å². The zero-order valence-corrected chi connectivity index (χ0v) is 13.6. The van der Waals surface area contributed by atoms with Crippen LogP contribution < -0.4 is 5.32 Å². The molecule has 0 unspecified atom stereocenters. The van der Waals surface area contributed by atoms with E-state index in [-0.39, 0.29) is 5.91 Å². The third-order valence-corrected chi connectivity index (χ3v) is 4.65. The fourth-order valence-electron chi connectivity index (χ4n) is 2.21. The molecule has 0 bridgehead atoms. The summed E-state index contributed by atoms with van der Waals surface area (Å²) < 4.78 is 0. The van der Waals surface area contributed by atoms with Crippen molar-refractivity contribution in [1.29, 1.82) is 0 Å².